The third-order valence-corrected chi connectivity index (χ3v) is 5.46. The molecule has 0 fully saturated rings. The molecule has 0 aliphatic rings. The molecular weight excluding hydrogens is 474 g/mol. The molecule has 0 unspecified atom stereocenters. The Bertz CT molecular complexity index is 1390. The number of para-hydroxylation sites is 1. The Labute approximate surface area is 220 Å². The molecule has 3 aromatic rings. The van der Waals surface area contributed by atoms with Gasteiger partial charge >= 0.3 is 59.1 Å². The second kappa shape index (κ2) is 10.1. The molecule has 0 radical (unpaired) electrons. The molecule has 0 amide bonds. The molecule has 0 heterocycles. The van der Waals surface area contributed by atoms with Crippen LogP contribution in [0, 0.1) is 0 Å². The van der Waals surface area contributed by atoms with Crippen molar-refractivity contribution in [2.24, 2.45) is 10.2 Å². The van der Waals surface area contributed by atoms with E-state index in [0.717, 1.165) is 0 Å². The second-order valence-electron chi connectivity index (χ2n) is 5.71. The van der Waals surface area contributed by atoms with E-state index in [1.807, 2.05) is 0 Å². The molecule has 15 heteroatoms. The maximum atomic E-state index is 11.6. The molecule has 0 aromatic heterocycles. The summed E-state index contributed by atoms with van der Waals surface area (Å²) in [5.41, 5.74) is -0.956. The molecular formula is C16H10N2Na2O9S2. The van der Waals surface area contributed by atoms with Gasteiger partial charge in [-0.05, 0) is 35.7 Å². The summed E-state index contributed by atoms with van der Waals surface area (Å²) >= 11 is 0. The van der Waals surface area contributed by atoms with Gasteiger partial charge < -0.3 is 24.4 Å². The predicted molar refractivity (Wildman–Crippen MR) is 95.5 cm³/mol. The summed E-state index contributed by atoms with van der Waals surface area (Å²) in [5.74, 6) is -2.19. The van der Waals surface area contributed by atoms with Gasteiger partial charge in [-0.2, -0.15) is 0 Å². The minimum atomic E-state index is -5.26. The van der Waals surface area contributed by atoms with E-state index in [0.29, 0.717) is 18.2 Å². The maximum Gasteiger partial charge on any atom is 1.00 e. The van der Waals surface area contributed by atoms with Crippen LogP contribution in [0.2, 0.25) is 0 Å². The molecule has 152 valence electrons. The molecule has 31 heavy (non-hydrogen) atoms. The molecule has 0 aliphatic carbocycles. The Hall–Kier alpha value is -1.26. The van der Waals surface area contributed by atoms with E-state index >= 15 is 0 Å². The van der Waals surface area contributed by atoms with Crippen molar-refractivity contribution in [1.82, 2.24) is 0 Å². The second-order valence-corrected chi connectivity index (χ2v) is 8.44. The van der Waals surface area contributed by atoms with Crippen LogP contribution >= 0.6 is 0 Å². The van der Waals surface area contributed by atoms with Gasteiger partial charge in [0.2, 0.25) is 0 Å². The van der Waals surface area contributed by atoms with Gasteiger partial charge in [0.1, 0.15) is 43.1 Å². The summed E-state index contributed by atoms with van der Waals surface area (Å²) in [7, 11) is -10.3. The molecule has 0 atom stereocenters. The van der Waals surface area contributed by atoms with Crippen LogP contribution in [0.25, 0.3) is 10.8 Å². The Kier molecular flexibility index (Phi) is 9.07. The Morgan fingerprint density at radius 1 is 0.774 bits per heavy atom. The number of phenols is 3. The van der Waals surface area contributed by atoms with Crippen molar-refractivity contribution in [3.8, 4) is 17.2 Å². The van der Waals surface area contributed by atoms with Crippen LogP contribution in [-0.2, 0) is 20.2 Å². The number of benzene rings is 3. The van der Waals surface area contributed by atoms with Crippen molar-refractivity contribution in [2.45, 2.75) is 9.79 Å². The Morgan fingerprint density at radius 2 is 1.39 bits per heavy atom. The third-order valence-electron chi connectivity index (χ3n) is 3.80. The topological polar surface area (TPSA) is 200 Å². The van der Waals surface area contributed by atoms with Gasteiger partial charge in [-0.3, -0.25) is 0 Å². The van der Waals surface area contributed by atoms with Gasteiger partial charge in [-0.15, -0.1) is 10.2 Å². The fraction of sp³-hybridized carbons (Fsp3) is 0. The van der Waals surface area contributed by atoms with Crippen molar-refractivity contribution >= 4 is 42.4 Å². The van der Waals surface area contributed by atoms with Crippen molar-refractivity contribution in [1.29, 1.82) is 0 Å². The summed E-state index contributed by atoms with van der Waals surface area (Å²) < 4.78 is 68.5. The Morgan fingerprint density at radius 3 is 1.94 bits per heavy atom. The molecule has 3 aromatic carbocycles. The molecule has 3 N–H and O–H groups in total. The van der Waals surface area contributed by atoms with Gasteiger partial charge in [-0.1, -0.05) is 12.1 Å². The van der Waals surface area contributed by atoms with Crippen molar-refractivity contribution < 1.29 is 100 Å². The third kappa shape index (κ3) is 5.96. The summed E-state index contributed by atoms with van der Waals surface area (Å²) in [6.45, 7) is 0. The predicted octanol–water partition coefficient (Wildman–Crippen LogP) is -3.81. The first kappa shape index (κ1) is 27.8. The maximum absolute atomic E-state index is 11.6. The molecule has 0 aliphatic heterocycles. The molecule has 3 rings (SSSR count). The van der Waals surface area contributed by atoms with Crippen molar-refractivity contribution in [3.05, 3.63) is 42.5 Å². The first-order valence-corrected chi connectivity index (χ1v) is 10.4. The number of fused-ring (bicyclic) bond motifs is 1. The SMILES string of the molecule is O=S(=O)([O-])c1cc(O)c2c(O)c(/N=N/c3ccccc3O)c(S(=O)(=O)[O-])cc2c1.[Na+].[Na+]. The summed E-state index contributed by atoms with van der Waals surface area (Å²) in [4.78, 5) is -1.98. The number of hydrogen-bond acceptors (Lipinski definition) is 11. The van der Waals surface area contributed by atoms with Crippen molar-refractivity contribution in [3.63, 3.8) is 0 Å². The monoisotopic (exact) mass is 484 g/mol. The van der Waals surface area contributed by atoms with Crippen LogP contribution in [-0.4, -0.2) is 41.3 Å². The largest absolute Gasteiger partial charge is 1.00 e. The number of nitrogens with zero attached hydrogens (tertiary/aromatic N) is 2. The fourth-order valence-electron chi connectivity index (χ4n) is 2.52. The smallest absolute Gasteiger partial charge is 0.744 e. The van der Waals surface area contributed by atoms with E-state index in [4.69, 9.17) is 0 Å². The minimum Gasteiger partial charge on any atom is -0.744 e. The molecule has 0 spiro atoms. The zero-order valence-corrected chi connectivity index (χ0v) is 21.7. The van der Waals surface area contributed by atoms with E-state index in [1.54, 1.807) is 0 Å². The van der Waals surface area contributed by atoms with E-state index in [9.17, 15) is 41.3 Å². The van der Waals surface area contributed by atoms with Crippen molar-refractivity contribution in [2.75, 3.05) is 0 Å². The summed E-state index contributed by atoms with van der Waals surface area (Å²) in [6, 6.07) is 7.42. The quantitative estimate of drug-likeness (QED) is 0.189. The van der Waals surface area contributed by atoms with E-state index in [-0.39, 0.29) is 70.6 Å². The van der Waals surface area contributed by atoms with Crippen LogP contribution < -0.4 is 59.1 Å². The standard InChI is InChI=1S/C16H12N2O9S2.2Na/c19-11-4-2-1-3-10(11)17-18-15-13(29(25,26)27)6-8-5-9(28(22,23)24)7-12(20)14(8)16(15)21;;/h1-7,19-21H,(H,22,23,24)(H,25,26,27);;/q;2*+1/p-2/b18-17+;;. The number of hydrogen-bond donors (Lipinski definition) is 3. The molecule has 0 saturated carbocycles. The van der Waals surface area contributed by atoms with Crippen LogP contribution in [0.1, 0.15) is 0 Å². The average molecular weight is 484 g/mol. The van der Waals surface area contributed by atoms with Gasteiger partial charge in [0.05, 0.1) is 15.2 Å². The van der Waals surface area contributed by atoms with Crippen LogP contribution in [0.4, 0.5) is 11.4 Å². The summed E-state index contributed by atoms with van der Waals surface area (Å²) in [6.07, 6.45) is 0. The first-order valence-electron chi connectivity index (χ1n) is 7.54. The van der Waals surface area contributed by atoms with Crippen LogP contribution in [0.5, 0.6) is 17.2 Å². The number of rotatable bonds is 4. The van der Waals surface area contributed by atoms with Gasteiger partial charge in [0, 0.05) is 0 Å². The molecule has 0 bridgehead atoms. The zero-order chi connectivity index (χ0) is 21.6. The fourth-order valence-corrected chi connectivity index (χ4v) is 3.70. The Balaban J connectivity index is 0.00000240. The number of phenolic OH excluding ortho intramolecular Hbond substituents is 3. The summed E-state index contributed by atoms with van der Waals surface area (Å²) in [5, 5.41) is 36.4. The van der Waals surface area contributed by atoms with Gasteiger partial charge in [0.15, 0.2) is 5.75 Å². The zero-order valence-electron chi connectivity index (χ0n) is 16.0. The van der Waals surface area contributed by atoms with E-state index < -0.39 is 58.0 Å². The molecule has 11 nitrogen and oxygen atoms in total. The van der Waals surface area contributed by atoms with Gasteiger partial charge in [0.25, 0.3) is 0 Å². The number of azo groups is 1. The average Bonchev–Trinajstić information content (AvgIpc) is 2.60. The number of aromatic hydroxyl groups is 3. The van der Waals surface area contributed by atoms with E-state index in [2.05, 4.69) is 10.2 Å². The first-order chi connectivity index (χ1) is 13.4. The van der Waals surface area contributed by atoms with Gasteiger partial charge in [-0.25, -0.2) is 16.8 Å². The van der Waals surface area contributed by atoms with E-state index in [1.165, 1.54) is 24.3 Å². The molecule has 0 saturated heterocycles. The van der Waals surface area contributed by atoms with Crippen LogP contribution in [0.15, 0.2) is 62.5 Å². The normalized spacial score (nSPS) is 11.8. The minimum absolute atomic E-state index is 0. The van der Waals surface area contributed by atoms with Crippen LogP contribution in [0.3, 0.4) is 0 Å².